The molecule has 6 aromatic carbocycles. The van der Waals surface area contributed by atoms with Crippen LogP contribution in [-0.4, -0.2) is 32.1 Å². The van der Waals surface area contributed by atoms with E-state index >= 15 is 0 Å². The van der Waals surface area contributed by atoms with Gasteiger partial charge < -0.3 is 9.53 Å². The quantitative estimate of drug-likeness (QED) is 0.0810. The van der Waals surface area contributed by atoms with E-state index in [0.29, 0.717) is 0 Å². The molecule has 0 atom stereocenters. The summed E-state index contributed by atoms with van der Waals surface area (Å²) in [6.45, 7) is 1.18. The van der Waals surface area contributed by atoms with E-state index in [-0.39, 0.29) is 21.1 Å². The number of carbonyl (C=O) groups excluding carboxylic acids is 1. The van der Waals surface area contributed by atoms with E-state index in [4.69, 9.17) is 17.8 Å². The number of ether oxygens (including phenoxy) is 1. The molecule has 0 aliphatic rings. The first-order valence-electron chi connectivity index (χ1n) is 14.9. The van der Waals surface area contributed by atoms with Crippen molar-refractivity contribution in [3.05, 3.63) is 182 Å². The molecule has 0 radical (unpaired) electrons. The van der Waals surface area contributed by atoms with Gasteiger partial charge >= 0.3 is 15.6 Å². The largest absolute Gasteiger partial charge is 0.655 e. The number of methoxy groups -OCH3 is 1. The van der Waals surface area contributed by atoms with Gasteiger partial charge in [-0.15, -0.1) is 0 Å². The molecule has 6 rings (SSSR count). The van der Waals surface area contributed by atoms with Crippen molar-refractivity contribution in [1.82, 2.24) is 0 Å². The molecular weight excluding hydrogens is 895 g/mol. The smallest absolute Gasteiger partial charge is 0.522 e. The van der Waals surface area contributed by atoms with Gasteiger partial charge in [0.15, 0.2) is 0 Å². The van der Waals surface area contributed by atoms with E-state index in [1.165, 1.54) is 45.4 Å². The number of halogens is 3. The SMILES string of the molecule is CO[C-]=O.O=S(=O)(O)C(F)(F)F.[Pt].c1ccc(P(c2ccccc2)c2ccccc2)cc1.c1ccc(P(c2ccccc2)c2ccccc2)cc1. The number of rotatable bonds is 7. The molecule has 6 aromatic rings. The fraction of sp³-hybridized carbons (Fsp3) is 0.0513. The second-order valence-electron chi connectivity index (χ2n) is 9.89. The Morgan fingerprint density at radius 3 is 0.725 bits per heavy atom. The maximum absolute atomic E-state index is 10.7. The average molecular weight is 929 g/mol. The van der Waals surface area contributed by atoms with Crippen LogP contribution in [0.2, 0.25) is 0 Å². The Kier molecular flexibility index (Phi) is 19.3. The molecule has 0 aromatic heterocycles. The molecule has 0 aliphatic heterocycles. The molecule has 0 aliphatic carbocycles. The molecule has 5 nitrogen and oxygen atoms in total. The zero-order valence-electron chi connectivity index (χ0n) is 27.2. The standard InChI is InChI=1S/2C18H15P.C2H3O2.CHF3O3S.Pt/c2*1-4-10-16(11-5-1)19(17-12-6-2-7-13-17)18-14-8-3-9-15-18;1-4-2-3;2-1(3,4)8(5,6)7;/h2*1-15H;1H3;(H,5,6,7);/q;;-1;;. The van der Waals surface area contributed by atoms with Gasteiger partial charge in [-0.2, -0.15) is 21.6 Å². The Bertz CT molecular complexity index is 1610. The molecule has 0 saturated heterocycles. The third-order valence-corrected chi connectivity index (χ3v) is 11.9. The first kappa shape index (κ1) is 43.2. The predicted octanol–water partition coefficient (Wildman–Crippen LogP) is 6.98. The van der Waals surface area contributed by atoms with E-state index in [0.717, 1.165) is 0 Å². The summed E-state index contributed by atoms with van der Waals surface area (Å²) in [5.74, 6) is 0. The van der Waals surface area contributed by atoms with Gasteiger partial charge in [0.25, 0.3) is 0 Å². The van der Waals surface area contributed by atoms with Crippen molar-refractivity contribution in [2.24, 2.45) is 0 Å². The second kappa shape index (κ2) is 22.8. The molecule has 0 unspecified atom stereocenters. The summed E-state index contributed by atoms with van der Waals surface area (Å²) < 4.78 is 61.3. The zero-order chi connectivity index (χ0) is 36.2. The van der Waals surface area contributed by atoms with Gasteiger partial charge in [-0.05, 0) is 47.7 Å². The topological polar surface area (TPSA) is 80.7 Å². The van der Waals surface area contributed by atoms with E-state index < -0.39 is 31.5 Å². The molecule has 51 heavy (non-hydrogen) atoms. The summed E-state index contributed by atoms with van der Waals surface area (Å²) >= 11 is 0. The maximum Gasteiger partial charge on any atom is 0.522 e. The van der Waals surface area contributed by atoms with Crippen LogP contribution in [0, 0.1) is 0 Å². The van der Waals surface area contributed by atoms with Gasteiger partial charge in [-0.1, -0.05) is 188 Å². The Labute approximate surface area is 314 Å². The predicted molar refractivity (Wildman–Crippen MR) is 201 cm³/mol. The van der Waals surface area contributed by atoms with E-state index in [9.17, 15) is 13.2 Å². The van der Waals surface area contributed by atoms with Crippen LogP contribution in [0.25, 0.3) is 0 Å². The van der Waals surface area contributed by atoms with Crippen molar-refractivity contribution in [2.45, 2.75) is 5.51 Å². The molecule has 1 N–H and O–H groups in total. The molecule has 0 bridgehead atoms. The van der Waals surface area contributed by atoms with Crippen LogP contribution < -0.4 is 31.8 Å². The third-order valence-electron chi connectivity index (χ3n) is 6.46. The Hall–Kier alpha value is -3.96. The summed E-state index contributed by atoms with van der Waals surface area (Å²) in [6, 6.07) is 64.7. The van der Waals surface area contributed by atoms with Gasteiger partial charge in [-0.25, -0.2) is 0 Å². The number of benzene rings is 6. The molecule has 0 fully saturated rings. The normalized spacial score (nSPS) is 10.5. The number of hydrogen-bond donors (Lipinski definition) is 1. The molecule has 0 spiro atoms. The minimum absolute atomic E-state index is 0. The Morgan fingerprint density at radius 1 is 0.490 bits per heavy atom. The van der Waals surface area contributed by atoms with Crippen LogP contribution in [0.5, 0.6) is 0 Å². The van der Waals surface area contributed by atoms with Gasteiger partial charge in [0, 0.05) is 28.2 Å². The van der Waals surface area contributed by atoms with Crippen LogP contribution in [0.4, 0.5) is 13.2 Å². The van der Waals surface area contributed by atoms with Crippen molar-refractivity contribution in [3.63, 3.8) is 0 Å². The summed E-state index contributed by atoms with van der Waals surface area (Å²) in [4.78, 5) is 8.83. The van der Waals surface area contributed by atoms with Gasteiger partial charge in [0.2, 0.25) is 0 Å². The Balaban J connectivity index is 0.000000267. The zero-order valence-corrected chi connectivity index (χ0v) is 32.0. The van der Waals surface area contributed by atoms with Gasteiger partial charge in [0.1, 0.15) is 0 Å². The van der Waals surface area contributed by atoms with Crippen LogP contribution >= 0.6 is 15.8 Å². The van der Waals surface area contributed by atoms with Crippen molar-refractivity contribution in [1.29, 1.82) is 0 Å². The third kappa shape index (κ3) is 14.7. The molecule has 268 valence electrons. The van der Waals surface area contributed by atoms with Gasteiger partial charge in [-0.3, -0.25) is 4.55 Å². The monoisotopic (exact) mass is 928 g/mol. The summed E-state index contributed by atoms with van der Waals surface area (Å²) in [5.41, 5.74) is -5.53. The van der Waals surface area contributed by atoms with Crippen molar-refractivity contribution in [3.8, 4) is 0 Å². The van der Waals surface area contributed by atoms with Crippen LogP contribution in [0.1, 0.15) is 0 Å². The Morgan fingerprint density at radius 2 is 0.627 bits per heavy atom. The molecule has 0 heterocycles. The van der Waals surface area contributed by atoms with E-state index in [1.54, 1.807) is 0 Å². The van der Waals surface area contributed by atoms with Crippen LogP contribution in [0.3, 0.4) is 0 Å². The summed E-state index contributed by atoms with van der Waals surface area (Å²) in [5, 5.41) is 8.39. The average Bonchev–Trinajstić information content (AvgIpc) is 3.14. The maximum atomic E-state index is 10.7. The van der Waals surface area contributed by atoms with Crippen LogP contribution in [0.15, 0.2) is 182 Å². The van der Waals surface area contributed by atoms with Gasteiger partial charge in [0.05, 0.1) is 0 Å². The molecule has 0 saturated carbocycles. The van der Waals surface area contributed by atoms with E-state index in [1.807, 2.05) is 0 Å². The number of alkyl halides is 3. The molecular formula is C39H34F3O5P2PtS-. The van der Waals surface area contributed by atoms with Crippen LogP contribution in [-0.2, 0) is 40.7 Å². The van der Waals surface area contributed by atoms with Crippen molar-refractivity contribution >= 4 is 64.3 Å². The van der Waals surface area contributed by atoms with E-state index in [2.05, 4.69) is 187 Å². The van der Waals surface area contributed by atoms with Crippen molar-refractivity contribution in [2.75, 3.05) is 7.11 Å². The van der Waals surface area contributed by atoms with Crippen molar-refractivity contribution < 1.29 is 56.7 Å². The number of hydrogen-bond acceptors (Lipinski definition) is 4. The minimum Gasteiger partial charge on any atom is -0.655 e. The fourth-order valence-corrected chi connectivity index (χ4v) is 8.97. The summed E-state index contributed by atoms with van der Waals surface area (Å²) in [7, 11) is -5.48. The molecule has 12 heteroatoms. The summed E-state index contributed by atoms with van der Waals surface area (Å²) in [6.07, 6.45) is 0. The molecule has 0 amide bonds. The fourth-order valence-electron chi connectivity index (χ4n) is 4.36. The second-order valence-corrected chi connectivity index (χ2v) is 15.7. The first-order valence-corrected chi connectivity index (χ1v) is 19.0. The first-order chi connectivity index (χ1) is 24.1. The minimum atomic E-state index is -5.84.